The van der Waals surface area contributed by atoms with Gasteiger partial charge in [-0.2, -0.15) is 0 Å². The van der Waals surface area contributed by atoms with Crippen molar-refractivity contribution in [2.75, 3.05) is 19.8 Å². The topological polar surface area (TPSA) is 35.2 Å². The Labute approximate surface area is 93.6 Å². The normalized spacial score (nSPS) is 27.0. The van der Waals surface area contributed by atoms with Gasteiger partial charge in [-0.05, 0) is 43.6 Å². The Morgan fingerprint density at radius 2 is 1.73 bits per heavy atom. The van der Waals surface area contributed by atoms with E-state index in [4.69, 9.17) is 10.5 Å². The van der Waals surface area contributed by atoms with Crippen LogP contribution in [0.1, 0.15) is 44.9 Å². The molecule has 1 saturated carbocycles. The fourth-order valence-corrected chi connectivity index (χ4v) is 3.32. The first kappa shape index (κ1) is 11.4. The maximum atomic E-state index is 5.94. The fraction of sp³-hybridized carbons (Fsp3) is 1.00. The summed E-state index contributed by atoms with van der Waals surface area (Å²) in [6, 6.07) is 0. The summed E-state index contributed by atoms with van der Waals surface area (Å²) in [5.74, 6) is 2.64. The van der Waals surface area contributed by atoms with E-state index in [1.807, 2.05) is 0 Å². The maximum Gasteiger partial charge on any atom is 0.0468 e. The van der Waals surface area contributed by atoms with Crippen molar-refractivity contribution in [2.24, 2.45) is 23.5 Å². The summed E-state index contributed by atoms with van der Waals surface area (Å²) in [6.45, 7) is 2.86. The van der Waals surface area contributed by atoms with Gasteiger partial charge >= 0.3 is 0 Å². The molecule has 1 atom stereocenters. The van der Waals surface area contributed by atoms with Gasteiger partial charge in [0.1, 0.15) is 0 Å². The molecule has 0 amide bonds. The molecule has 2 fully saturated rings. The largest absolute Gasteiger partial charge is 0.381 e. The zero-order chi connectivity index (χ0) is 10.5. The maximum absolute atomic E-state index is 5.94. The Bertz CT molecular complexity index is 171. The van der Waals surface area contributed by atoms with Gasteiger partial charge < -0.3 is 10.5 Å². The van der Waals surface area contributed by atoms with Crippen molar-refractivity contribution in [3.63, 3.8) is 0 Å². The molecule has 0 radical (unpaired) electrons. The monoisotopic (exact) mass is 211 g/mol. The quantitative estimate of drug-likeness (QED) is 0.775. The highest BCUT2D eigenvalue weighted by Crippen LogP contribution is 2.35. The van der Waals surface area contributed by atoms with Crippen LogP contribution in [0.4, 0.5) is 0 Å². The average Bonchev–Trinajstić information content (AvgIpc) is 2.81. The van der Waals surface area contributed by atoms with Crippen molar-refractivity contribution in [1.29, 1.82) is 0 Å². The second-order valence-electron chi connectivity index (χ2n) is 5.33. The van der Waals surface area contributed by atoms with E-state index in [-0.39, 0.29) is 0 Å². The molecule has 2 N–H and O–H groups in total. The minimum atomic E-state index is 0.801. The Balaban J connectivity index is 1.78. The predicted octanol–water partition coefficient (Wildman–Crippen LogP) is 2.57. The van der Waals surface area contributed by atoms with Gasteiger partial charge in [-0.25, -0.2) is 0 Å². The smallest absolute Gasteiger partial charge is 0.0468 e. The van der Waals surface area contributed by atoms with Gasteiger partial charge in [-0.1, -0.05) is 25.7 Å². The third kappa shape index (κ3) is 3.18. The summed E-state index contributed by atoms with van der Waals surface area (Å²) in [7, 11) is 0. The van der Waals surface area contributed by atoms with Crippen LogP contribution in [0.3, 0.4) is 0 Å². The van der Waals surface area contributed by atoms with Crippen molar-refractivity contribution in [1.82, 2.24) is 0 Å². The van der Waals surface area contributed by atoms with E-state index >= 15 is 0 Å². The lowest BCUT2D eigenvalue weighted by Crippen LogP contribution is -2.27. The molecule has 2 heteroatoms. The molecule has 1 aliphatic carbocycles. The average molecular weight is 211 g/mol. The minimum Gasteiger partial charge on any atom is -0.381 e. The lowest BCUT2D eigenvalue weighted by molar-refractivity contribution is 0.0553. The van der Waals surface area contributed by atoms with E-state index in [2.05, 4.69) is 0 Å². The number of hydrogen-bond donors (Lipinski definition) is 1. The first-order valence-electron chi connectivity index (χ1n) is 6.68. The second kappa shape index (κ2) is 5.86. The minimum absolute atomic E-state index is 0.801. The third-order valence-corrected chi connectivity index (χ3v) is 4.35. The Morgan fingerprint density at radius 1 is 1.07 bits per heavy atom. The highest BCUT2D eigenvalue weighted by atomic mass is 16.5. The van der Waals surface area contributed by atoms with Crippen LogP contribution in [-0.2, 0) is 4.74 Å². The van der Waals surface area contributed by atoms with Gasteiger partial charge in [0.2, 0.25) is 0 Å². The molecule has 0 aromatic carbocycles. The van der Waals surface area contributed by atoms with Crippen LogP contribution in [0.5, 0.6) is 0 Å². The van der Waals surface area contributed by atoms with Crippen LogP contribution in [-0.4, -0.2) is 19.8 Å². The van der Waals surface area contributed by atoms with Crippen LogP contribution >= 0.6 is 0 Å². The van der Waals surface area contributed by atoms with Gasteiger partial charge in [-0.15, -0.1) is 0 Å². The van der Waals surface area contributed by atoms with E-state index in [0.717, 1.165) is 37.5 Å². The molecule has 0 bridgehead atoms. The van der Waals surface area contributed by atoms with Crippen molar-refractivity contribution in [3.05, 3.63) is 0 Å². The first-order valence-corrected chi connectivity index (χ1v) is 6.68. The summed E-state index contributed by atoms with van der Waals surface area (Å²) >= 11 is 0. The molecular formula is C13H25NO. The predicted molar refractivity (Wildman–Crippen MR) is 62.7 cm³/mol. The molecule has 1 aliphatic heterocycles. The Morgan fingerprint density at radius 3 is 2.33 bits per heavy atom. The van der Waals surface area contributed by atoms with Crippen LogP contribution in [0.2, 0.25) is 0 Å². The van der Waals surface area contributed by atoms with Crippen molar-refractivity contribution < 1.29 is 4.74 Å². The standard InChI is InChI=1S/C13H25NO/c14-10-13(12-3-1-2-4-12)9-11-5-7-15-8-6-11/h11-13H,1-10,14H2. The Hall–Kier alpha value is -0.0800. The van der Waals surface area contributed by atoms with Crippen LogP contribution in [0.15, 0.2) is 0 Å². The van der Waals surface area contributed by atoms with Gasteiger partial charge in [0.05, 0.1) is 0 Å². The van der Waals surface area contributed by atoms with Crippen molar-refractivity contribution in [3.8, 4) is 0 Å². The highest BCUT2D eigenvalue weighted by molar-refractivity contribution is 4.79. The molecular weight excluding hydrogens is 186 g/mol. The van der Waals surface area contributed by atoms with Crippen molar-refractivity contribution in [2.45, 2.75) is 44.9 Å². The second-order valence-corrected chi connectivity index (χ2v) is 5.33. The molecule has 1 unspecified atom stereocenters. The zero-order valence-electron chi connectivity index (χ0n) is 9.79. The molecule has 2 rings (SSSR count). The van der Waals surface area contributed by atoms with Crippen molar-refractivity contribution >= 4 is 0 Å². The summed E-state index contributed by atoms with van der Waals surface area (Å²) in [5.41, 5.74) is 5.94. The van der Waals surface area contributed by atoms with Gasteiger partial charge in [0.15, 0.2) is 0 Å². The summed E-state index contributed by atoms with van der Waals surface area (Å²) in [4.78, 5) is 0. The summed E-state index contributed by atoms with van der Waals surface area (Å²) in [6.07, 6.45) is 9.65. The van der Waals surface area contributed by atoms with E-state index in [9.17, 15) is 0 Å². The third-order valence-electron chi connectivity index (χ3n) is 4.35. The lowest BCUT2D eigenvalue weighted by Gasteiger charge is -2.29. The summed E-state index contributed by atoms with van der Waals surface area (Å²) in [5, 5.41) is 0. The molecule has 15 heavy (non-hydrogen) atoms. The molecule has 1 heterocycles. The van der Waals surface area contributed by atoms with E-state index < -0.39 is 0 Å². The van der Waals surface area contributed by atoms with E-state index in [1.165, 1.54) is 44.9 Å². The fourth-order valence-electron chi connectivity index (χ4n) is 3.32. The SMILES string of the molecule is NCC(CC1CCOCC1)C1CCCC1. The zero-order valence-corrected chi connectivity index (χ0v) is 9.79. The van der Waals surface area contributed by atoms with Gasteiger partial charge in [0, 0.05) is 13.2 Å². The van der Waals surface area contributed by atoms with Gasteiger partial charge in [-0.3, -0.25) is 0 Å². The lowest BCUT2D eigenvalue weighted by atomic mass is 9.81. The molecule has 88 valence electrons. The molecule has 1 saturated heterocycles. The van der Waals surface area contributed by atoms with Gasteiger partial charge in [0.25, 0.3) is 0 Å². The number of ether oxygens (including phenoxy) is 1. The number of rotatable bonds is 4. The van der Waals surface area contributed by atoms with Crippen LogP contribution in [0, 0.1) is 17.8 Å². The molecule has 0 aromatic heterocycles. The molecule has 0 spiro atoms. The first-order chi connectivity index (χ1) is 7.40. The number of hydrogen-bond acceptors (Lipinski definition) is 2. The van der Waals surface area contributed by atoms with E-state index in [0.29, 0.717) is 0 Å². The molecule has 2 aliphatic rings. The summed E-state index contributed by atoms with van der Waals surface area (Å²) < 4.78 is 5.41. The van der Waals surface area contributed by atoms with Crippen LogP contribution in [0.25, 0.3) is 0 Å². The molecule has 2 nitrogen and oxygen atoms in total. The highest BCUT2D eigenvalue weighted by Gasteiger charge is 2.27. The molecule has 0 aromatic rings. The van der Waals surface area contributed by atoms with Crippen LogP contribution < -0.4 is 5.73 Å². The van der Waals surface area contributed by atoms with E-state index in [1.54, 1.807) is 0 Å². The number of nitrogens with two attached hydrogens (primary N) is 1. The Kier molecular flexibility index (Phi) is 4.45.